The van der Waals surface area contributed by atoms with E-state index in [-0.39, 0.29) is 11.8 Å². The summed E-state index contributed by atoms with van der Waals surface area (Å²) in [5.74, 6) is -0.314. The van der Waals surface area contributed by atoms with E-state index in [1.54, 1.807) is 4.90 Å². The molecule has 3 heteroatoms. The fourth-order valence-electron chi connectivity index (χ4n) is 2.19. The lowest BCUT2D eigenvalue weighted by Gasteiger charge is -2.27. The summed E-state index contributed by atoms with van der Waals surface area (Å²) >= 11 is 0. The second kappa shape index (κ2) is 7.17. The van der Waals surface area contributed by atoms with Crippen LogP contribution in [0.1, 0.15) is 38.9 Å². The number of nitrogens with zero attached hydrogens (tertiary/aromatic N) is 1. The minimum Gasteiger partial charge on any atom is -0.388 e. The van der Waals surface area contributed by atoms with Gasteiger partial charge in [-0.05, 0) is 25.8 Å². The predicted molar refractivity (Wildman–Crippen MR) is 73.1 cm³/mol. The zero-order valence-electron chi connectivity index (χ0n) is 11.5. The minimum absolute atomic E-state index is 0.0406. The molecule has 0 spiro atoms. The van der Waals surface area contributed by atoms with Gasteiger partial charge >= 0.3 is 0 Å². The highest BCUT2D eigenvalue weighted by atomic mass is 16.3. The van der Waals surface area contributed by atoms with Crippen molar-refractivity contribution in [2.45, 2.75) is 33.3 Å². The van der Waals surface area contributed by atoms with Crippen LogP contribution in [0.5, 0.6) is 0 Å². The normalized spacial score (nSPS) is 14.0. The molecular weight excluding hydrogens is 226 g/mol. The van der Waals surface area contributed by atoms with E-state index in [9.17, 15) is 9.90 Å². The van der Waals surface area contributed by atoms with Crippen molar-refractivity contribution >= 4 is 5.91 Å². The number of aliphatic hydroxyl groups excluding tert-OH is 1. The third-order valence-electron chi connectivity index (χ3n) is 3.35. The van der Waals surface area contributed by atoms with Crippen LogP contribution in [-0.2, 0) is 4.79 Å². The summed E-state index contributed by atoms with van der Waals surface area (Å²) in [6.07, 6.45) is -0.0740. The molecule has 0 fully saturated rings. The van der Waals surface area contributed by atoms with E-state index < -0.39 is 6.10 Å². The van der Waals surface area contributed by atoms with Gasteiger partial charge in [-0.15, -0.1) is 0 Å². The van der Waals surface area contributed by atoms with Crippen LogP contribution in [0.25, 0.3) is 0 Å². The van der Waals surface area contributed by atoms with Crippen molar-refractivity contribution in [1.82, 2.24) is 4.90 Å². The highest BCUT2D eigenvalue weighted by Crippen LogP contribution is 2.26. The van der Waals surface area contributed by atoms with E-state index in [0.717, 1.165) is 5.56 Å². The number of hydrogen-bond acceptors (Lipinski definition) is 2. The summed E-state index contributed by atoms with van der Waals surface area (Å²) in [5, 5.41) is 10.3. The Hall–Kier alpha value is -1.35. The molecule has 100 valence electrons. The summed E-state index contributed by atoms with van der Waals surface area (Å²) in [6, 6.07) is 9.40. The number of amides is 1. The number of aliphatic hydroxyl groups is 1. The second-order valence-corrected chi connectivity index (χ2v) is 4.38. The largest absolute Gasteiger partial charge is 0.388 e. The number of benzene rings is 1. The van der Waals surface area contributed by atoms with Gasteiger partial charge in [0.2, 0.25) is 5.91 Å². The Morgan fingerprint density at radius 3 is 2.17 bits per heavy atom. The summed E-state index contributed by atoms with van der Waals surface area (Å²) in [5.41, 5.74) is 0.810. The van der Waals surface area contributed by atoms with Crippen LogP contribution in [0.2, 0.25) is 0 Å². The maximum Gasteiger partial charge on any atom is 0.228 e. The second-order valence-electron chi connectivity index (χ2n) is 4.38. The van der Waals surface area contributed by atoms with Gasteiger partial charge in [-0.25, -0.2) is 0 Å². The molecule has 18 heavy (non-hydrogen) atoms. The Morgan fingerprint density at radius 2 is 1.72 bits per heavy atom. The molecule has 1 rings (SSSR count). The van der Waals surface area contributed by atoms with E-state index >= 15 is 0 Å². The van der Waals surface area contributed by atoms with Gasteiger partial charge in [-0.3, -0.25) is 4.79 Å². The van der Waals surface area contributed by atoms with Crippen molar-refractivity contribution in [2.24, 2.45) is 5.92 Å². The molecule has 1 amide bonds. The van der Waals surface area contributed by atoms with E-state index in [0.29, 0.717) is 19.5 Å². The fourth-order valence-corrected chi connectivity index (χ4v) is 2.19. The molecule has 0 aromatic heterocycles. The molecule has 0 aliphatic carbocycles. The Balaban J connectivity index is 2.86. The third kappa shape index (κ3) is 3.33. The highest BCUT2D eigenvalue weighted by molar-refractivity contribution is 5.79. The monoisotopic (exact) mass is 249 g/mol. The first kappa shape index (κ1) is 14.7. The standard InChI is InChI=1S/C15H23NO2/c1-4-13(15(18)16(5-2)6-3)14(17)12-10-8-7-9-11-12/h7-11,13-14,17H,4-6H2,1-3H3. The van der Waals surface area contributed by atoms with Crippen LogP contribution < -0.4 is 0 Å². The van der Waals surface area contributed by atoms with Crippen LogP contribution >= 0.6 is 0 Å². The average Bonchev–Trinajstić information content (AvgIpc) is 2.42. The SMILES string of the molecule is CCC(C(=O)N(CC)CC)C(O)c1ccccc1. The maximum absolute atomic E-state index is 12.3. The Labute approximate surface area is 109 Å². The Morgan fingerprint density at radius 1 is 1.17 bits per heavy atom. The minimum atomic E-state index is -0.718. The Bertz CT molecular complexity index is 360. The zero-order chi connectivity index (χ0) is 13.5. The third-order valence-corrected chi connectivity index (χ3v) is 3.35. The first-order valence-electron chi connectivity index (χ1n) is 6.67. The van der Waals surface area contributed by atoms with Gasteiger partial charge < -0.3 is 10.0 Å². The molecule has 0 heterocycles. The molecule has 2 atom stereocenters. The lowest BCUT2D eigenvalue weighted by atomic mass is 9.92. The van der Waals surface area contributed by atoms with Crippen LogP contribution in [0.3, 0.4) is 0 Å². The van der Waals surface area contributed by atoms with Gasteiger partial charge in [0, 0.05) is 13.1 Å². The summed E-state index contributed by atoms with van der Waals surface area (Å²) in [4.78, 5) is 14.1. The number of rotatable bonds is 6. The molecule has 1 N–H and O–H groups in total. The molecule has 1 aromatic carbocycles. The smallest absolute Gasteiger partial charge is 0.228 e. The molecule has 2 unspecified atom stereocenters. The van der Waals surface area contributed by atoms with Crippen molar-refractivity contribution in [3.63, 3.8) is 0 Å². The van der Waals surface area contributed by atoms with Crippen LogP contribution in [0, 0.1) is 5.92 Å². The highest BCUT2D eigenvalue weighted by Gasteiger charge is 2.28. The number of carbonyl (C=O) groups excluding carboxylic acids is 1. The molecule has 0 radical (unpaired) electrons. The molecular formula is C15H23NO2. The van der Waals surface area contributed by atoms with E-state index in [1.807, 2.05) is 51.1 Å². The predicted octanol–water partition coefficient (Wildman–Crippen LogP) is 2.61. The molecule has 0 bridgehead atoms. The van der Waals surface area contributed by atoms with Crippen molar-refractivity contribution < 1.29 is 9.90 Å². The zero-order valence-corrected chi connectivity index (χ0v) is 11.5. The quantitative estimate of drug-likeness (QED) is 0.842. The van der Waals surface area contributed by atoms with Gasteiger partial charge in [0.25, 0.3) is 0 Å². The lowest BCUT2D eigenvalue weighted by molar-refractivity contribution is -0.139. The van der Waals surface area contributed by atoms with Crippen molar-refractivity contribution in [1.29, 1.82) is 0 Å². The van der Waals surface area contributed by atoms with Crippen LogP contribution in [-0.4, -0.2) is 29.0 Å². The molecule has 0 saturated carbocycles. The van der Waals surface area contributed by atoms with Gasteiger partial charge in [0.05, 0.1) is 12.0 Å². The number of carbonyl (C=O) groups is 1. The van der Waals surface area contributed by atoms with Crippen LogP contribution in [0.4, 0.5) is 0 Å². The summed E-state index contributed by atoms with van der Waals surface area (Å²) in [7, 11) is 0. The van der Waals surface area contributed by atoms with E-state index in [2.05, 4.69) is 0 Å². The maximum atomic E-state index is 12.3. The molecule has 0 aliphatic rings. The first-order chi connectivity index (χ1) is 8.65. The summed E-state index contributed by atoms with van der Waals surface area (Å²) in [6.45, 7) is 7.24. The summed E-state index contributed by atoms with van der Waals surface area (Å²) < 4.78 is 0. The number of hydrogen-bond donors (Lipinski definition) is 1. The van der Waals surface area contributed by atoms with Crippen molar-refractivity contribution in [2.75, 3.05) is 13.1 Å². The first-order valence-corrected chi connectivity index (χ1v) is 6.67. The van der Waals surface area contributed by atoms with Crippen LogP contribution in [0.15, 0.2) is 30.3 Å². The average molecular weight is 249 g/mol. The molecule has 0 saturated heterocycles. The molecule has 1 aromatic rings. The fraction of sp³-hybridized carbons (Fsp3) is 0.533. The van der Waals surface area contributed by atoms with Crippen molar-refractivity contribution in [3.8, 4) is 0 Å². The topological polar surface area (TPSA) is 40.5 Å². The van der Waals surface area contributed by atoms with Gasteiger partial charge in [0.15, 0.2) is 0 Å². The Kier molecular flexibility index (Phi) is 5.86. The molecule has 3 nitrogen and oxygen atoms in total. The van der Waals surface area contributed by atoms with Gasteiger partial charge in [0.1, 0.15) is 0 Å². The van der Waals surface area contributed by atoms with E-state index in [4.69, 9.17) is 0 Å². The van der Waals surface area contributed by atoms with Crippen molar-refractivity contribution in [3.05, 3.63) is 35.9 Å². The van der Waals surface area contributed by atoms with Gasteiger partial charge in [-0.2, -0.15) is 0 Å². The lowest BCUT2D eigenvalue weighted by Crippen LogP contribution is -2.38. The molecule has 0 aliphatic heterocycles. The van der Waals surface area contributed by atoms with Gasteiger partial charge in [-0.1, -0.05) is 37.3 Å². The van der Waals surface area contributed by atoms with E-state index in [1.165, 1.54) is 0 Å².